The minimum Gasteiger partial charge on any atom is -0.474 e. The zero-order valence-corrected chi connectivity index (χ0v) is 16.8. The van der Waals surface area contributed by atoms with Gasteiger partial charge in [-0.3, -0.25) is 9.52 Å². The normalized spacial score (nSPS) is 15.9. The van der Waals surface area contributed by atoms with Crippen LogP contribution in [0.2, 0.25) is 0 Å². The quantitative estimate of drug-likeness (QED) is 0.609. The number of halogens is 1. The zero-order chi connectivity index (χ0) is 19.7. The number of rotatable bonds is 4. The number of carbonyl (C=O) groups excluding carboxylic acids is 1. The molecule has 3 aromatic rings. The number of fused-ring (bicyclic) bond motifs is 1. The number of amides is 1. The highest BCUT2D eigenvalue weighted by atomic mass is 79.9. The molecule has 8 heteroatoms. The van der Waals surface area contributed by atoms with E-state index in [0.717, 1.165) is 10.0 Å². The molecular weight excluding hydrogens is 444 g/mol. The Morgan fingerprint density at radius 3 is 2.39 bits per heavy atom. The van der Waals surface area contributed by atoms with Gasteiger partial charge in [0.2, 0.25) is 6.10 Å². The standard InChI is InChI=1S/C20H15BrN2O4S/c21-14-6-9-16(10-7-14)28(25,26)23-15-8-11-18-17(12-15)22-20(24)19(27-18)13-4-2-1-3-5-13/h1-12,19,23H,(H,22,24). The molecule has 0 aliphatic carbocycles. The summed E-state index contributed by atoms with van der Waals surface area (Å²) in [5.41, 5.74) is 1.47. The first-order valence-electron chi connectivity index (χ1n) is 8.37. The predicted octanol–water partition coefficient (Wildman–Crippen LogP) is 4.32. The fourth-order valence-electron chi connectivity index (χ4n) is 2.85. The van der Waals surface area contributed by atoms with E-state index in [1.165, 1.54) is 18.2 Å². The number of ether oxygens (including phenoxy) is 1. The number of hydrogen-bond acceptors (Lipinski definition) is 4. The van der Waals surface area contributed by atoms with Crippen LogP contribution in [0.15, 0.2) is 82.2 Å². The van der Waals surface area contributed by atoms with E-state index in [2.05, 4.69) is 26.0 Å². The van der Waals surface area contributed by atoms with Crippen LogP contribution in [-0.2, 0) is 14.8 Å². The van der Waals surface area contributed by atoms with Crippen molar-refractivity contribution >= 4 is 43.2 Å². The van der Waals surface area contributed by atoms with Crippen molar-refractivity contribution < 1.29 is 17.9 Å². The molecular formula is C20H15BrN2O4S. The van der Waals surface area contributed by atoms with Gasteiger partial charge in [0.25, 0.3) is 15.9 Å². The molecule has 2 N–H and O–H groups in total. The molecule has 1 aliphatic heterocycles. The lowest BCUT2D eigenvalue weighted by Gasteiger charge is -2.26. The minimum absolute atomic E-state index is 0.137. The van der Waals surface area contributed by atoms with Crippen molar-refractivity contribution in [1.29, 1.82) is 0 Å². The lowest BCUT2D eigenvalue weighted by Crippen LogP contribution is -2.30. The highest BCUT2D eigenvalue weighted by Crippen LogP contribution is 2.37. The molecule has 0 spiro atoms. The van der Waals surface area contributed by atoms with Crippen LogP contribution in [0.3, 0.4) is 0 Å². The van der Waals surface area contributed by atoms with Gasteiger partial charge in [-0.25, -0.2) is 8.42 Å². The van der Waals surface area contributed by atoms with Crippen LogP contribution >= 0.6 is 15.9 Å². The molecule has 6 nitrogen and oxygen atoms in total. The number of benzene rings is 3. The Labute approximate surface area is 170 Å². The summed E-state index contributed by atoms with van der Waals surface area (Å²) in [6.07, 6.45) is -0.751. The molecule has 0 radical (unpaired) electrons. The van der Waals surface area contributed by atoms with E-state index in [4.69, 9.17) is 4.74 Å². The molecule has 4 rings (SSSR count). The second-order valence-electron chi connectivity index (χ2n) is 6.17. The van der Waals surface area contributed by atoms with E-state index in [1.54, 1.807) is 24.3 Å². The SMILES string of the molecule is O=C1Nc2cc(NS(=O)(=O)c3ccc(Br)cc3)ccc2OC1c1ccccc1. The van der Waals surface area contributed by atoms with Crippen molar-refractivity contribution in [2.75, 3.05) is 10.0 Å². The molecule has 0 saturated carbocycles. The number of sulfonamides is 1. The molecule has 1 heterocycles. The van der Waals surface area contributed by atoms with Crippen LogP contribution < -0.4 is 14.8 Å². The Hall–Kier alpha value is -2.84. The van der Waals surface area contributed by atoms with Gasteiger partial charge >= 0.3 is 0 Å². The van der Waals surface area contributed by atoms with Gasteiger partial charge in [0.15, 0.2) is 0 Å². The molecule has 0 saturated heterocycles. The smallest absolute Gasteiger partial charge is 0.270 e. The van der Waals surface area contributed by atoms with E-state index in [-0.39, 0.29) is 10.8 Å². The molecule has 1 aliphatic rings. The minimum atomic E-state index is -3.75. The van der Waals surface area contributed by atoms with Crippen molar-refractivity contribution in [3.8, 4) is 5.75 Å². The van der Waals surface area contributed by atoms with E-state index < -0.39 is 16.1 Å². The Morgan fingerprint density at radius 2 is 1.68 bits per heavy atom. The fraction of sp³-hybridized carbons (Fsp3) is 0.0500. The van der Waals surface area contributed by atoms with Gasteiger partial charge in [-0.05, 0) is 42.5 Å². The van der Waals surface area contributed by atoms with Crippen LogP contribution in [0.4, 0.5) is 11.4 Å². The number of nitrogens with one attached hydrogen (secondary N) is 2. The lowest BCUT2D eigenvalue weighted by molar-refractivity contribution is -0.123. The van der Waals surface area contributed by atoms with Gasteiger partial charge in [0.1, 0.15) is 5.75 Å². The summed E-state index contributed by atoms with van der Waals surface area (Å²) in [7, 11) is -3.75. The van der Waals surface area contributed by atoms with E-state index >= 15 is 0 Å². The molecule has 1 amide bonds. The Morgan fingerprint density at radius 1 is 0.964 bits per heavy atom. The van der Waals surface area contributed by atoms with Gasteiger partial charge in [-0.15, -0.1) is 0 Å². The lowest BCUT2D eigenvalue weighted by atomic mass is 10.1. The van der Waals surface area contributed by atoms with E-state index in [0.29, 0.717) is 17.1 Å². The summed E-state index contributed by atoms with van der Waals surface area (Å²) in [6, 6.07) is 20.2. The third kappa shape index (κ3) is 3.74. The van der Waals surface area contributed by atoms with Gasteiger partial charge in [0, 0.05) is 10.0 Å². The van der Waals surface area contributed by atoms with E-state index in [1.807, 2.05) is 30.3 Å². The maximum atomic E-state index is 12.5. The maximum absolute atomic E-state index is 12.5. The van der Waals surface area contributed by atoms with Crippen LogP contribution in [0.1, 0.15) is 11.7 Å². The highest BCUT2D eigenvalue weighted by Gasteiger charge is 2.29. The zero-order valence-electron chi connectivity index (χ0n) is 14.4. The van der Waals surface area contributed by atoms with Gasteiger partial charge < -0.3 is 10.1 Å². The Kier molecular flexibility index (Phi) is 4.82. The molecule has 28 heavy (non-hydrogen) atoms. The molecule has 0 aromatic heterocycles. The average Bonchev–Trinajstić information content (AvgIpc) is 2.68. The van der Waals surface area contributed by atoms with Crippen molar-refractivity contribution in [2.45, 2.75) is 11.0 Å². The Bertz CT molecular complexity index is 1130. The molecule has 1 unspecified atom stereocenters. The van der Waals surface area contributed by atoms with Crippen molar-refractivity contribution in [1.82, 2.24) is 0 Å². The molecule has 0 fully saturated rings. The fourth-order valence-corrected chi connectivity index (χ4v) is 4.16. The summed E-state index contributed by atoms with van der Waals surface area (Å²) >= 11 is 3.28. The van der Waals surface area contributed by atoms with Gasteiger partial charge in [0.05, 0.1) is 16.3 Å². The van der Waals surface area contributed by atoms with Crippen LogP contribution in [0, 0.1) is 0 Å². The maximum Gasteiger partial charge on any atom is 0.270 e. The highest BCUT2D eigenvalue weighted by molar-refractivity contribution is 9.10. The molecule has 1 atom stereocenters. The predicted molar refractivity (Wildman–Crippen MR) is 110 cm³/mol. The third-order valence-electron chi connectivity index (χ3n) is 4.20. The van der Waals surface area contributed by atoms with E-state index in [9.17, 15) is 13.2 Å². The van der Waals surface area contributed by atoms with Gasteiger partial charge in [-0.1, -0.05) is 46.3 Å². The molecule has 3 aromatic carbocycles. The van der Waals surface area contributed by atoms with Gasteiger partial charge in [-0.2, -0.15) is 0 Å². The van der Waals surface area contributed by atoms with Crippen molar-refractivity contribution in [3.63, 3.8) is 0 Å². The molecule has 0 bridgehead atoms. The largest absolute Gasteiger partial charge is 0.474 e. The third-order valence-corrected chi connectivity index (χ3v) is 6.12. The van der Waals surface area contributed by atoms with Crippen LogP contribution in [-0.4, -0.2) is 14.3 Å². The first kappa shape index (κ1) is 18.5. The first-order valence-corrected chi connectivity index (χ1v) is 10.6. The summed E-state index contributed by atoms with van der Waals surface area (Å²) in [5.74, 6) is 0.159. The van der Waals surface area contributed by atoms with Crippen molar-refractivity contribution in [3.05, 3.63) is 82.8 Å². The number of carbonyl (C=O) groups is 1. The number of hydrogen-bond donors (Lipinski definition) is 2. The summed E-state index contributed by atoms with van der Waals surface area (Å²) in [6.45, 7) is 0. The summed E-state index contributed by atoms with van der Waals surface area (Å²) in [5, 5.41) is 2.78. The summed E-state index contributed by atoms with van der Waals surface area (Å²) in [4.78, 5) is 12.6. The monoisotopic (exact) mass is 458 g/mol. The summed E-state index contributed by atoms with van der Waals surface area (Å²) < 4.78 is 34.2. The second-order valence-corrected chi connectivity index (χ2v) is 8.77. The first-order chi connectivity index (χ1) is 13.4. The second kappa shape index (κ2) is 7.29. The molecule has 142 valence electrons. The van der Waals surface area contributed by atoms with Crippen LogP contribution in [0.5, 0.6) is 5.75 Å². The topological polar surface area (TPSA) is 84.5 Å². The van der Waals surface area contributed by atoms with Crippen molar-refractivity contribution in [2.24, 2.45) is 0 Å². The number of anilines is 2. The van der Waals surface area contributed by atoms with Crippen LogP contribution in [0.25, 0.3) is 0 Å². The average molecular weight is 459 g/mol. The Balaban J connectivity index is 1.58.